The topological polar surface area (TPSA) is 65.4 Å². The van der Waals surface area contributed by atoms with Crippen molar-refractivity contribution in [2.45, 2.75) is 38.2 Å². The number of hydrogen-bond donors (Lipinski definition) is 0. The molecule has 24 heavy (non-hydrogen) atoms. The minimum Gasteiger partial charge on any atom is -0.490 e. The molecule has 0 spiro atoms. The fraction of sp³-hybridized carbons (Fsp3) is 0.389. The number of hydrogen-bond acceptors (Lipinski definition) is 4. The highest BCUT2D eigenvalue weighted by Crippen LogP contribution is 2.33. The molecular weight excluding hydrogens is 326 g/mol. The Labute approximate surface area is 142 Å². The molecule has 1 heterocycles. The van der Waals surface area contributed by atoms with Crippen LogP contribution in [0.5, 0.6) is 5.75 Å². The van der Waals surface area contributed by atoms with Crippen molar-refractivity contribution >= 4 is 9.84 Å². The van der Waals surface area contributed by atoms with Crippen molar-refractivity contribution < 1.29 is 13.2 Å². The molecule has 0 fully saturated rings. The summed E-state index contributed by atoms with van der Waals surface area (Å²) < 4.78 is 31.2. The average molecular weight is 349 g/mol. The zero-order valence-electron chi connectivity index (χ0n) is 14.7. The Hall–Kier alpha value is -2.08. The van der Waals surface area contributed by atoms with Crippen LogP contribution in [0.2, 0.25) is 0 Å². The molecule has 0 amide bonds. The minimum atomic E-state index is -3.34. The summed E-state index contributed by atoms with van der Waals surface area (Å²) in [7, 11) is -1.66. The van der Waals surface area contributed by atoms with E-state index in [-0.39, 0.29) is 16.6 Å². The summed E-state index contributed by atoms with van der Waals surface area (Å²) >= 11 is 0. The van der Waals surface area contributed by atoms with Crippen LogP contribution in [0.15, 0.2) is 40.2 Å². The lowest BCUT2D eigenvalue weighted by Crippen LogP contribution is -2.18. The second-order valence-electron chi connectivity index (χ2n) is 6.09. The van der Waals surface area contributed by atoms with Gasteiger partial charge in [-0.15, -0.1) is 0 Å². The van der Waals surface area contributed by atoms with Crippen LogP contribution in [0.1, 0.15) is 25.8 Å². The van der Waals surface area contributed by atoms with Gasteiger partial charge in [0.2, 0.25) is 0 Å². The predicted molar refractivity (Wildman–Crippen MR) is 95.3 cm³/mol. The monoisotopic (exact) mass is 349 g/mol. The number of ether oxygens (including phenoxy) is 1. The SMILES string of the molecule is CCC(C)Oc1ccc(S(C)(=O)=O)cc1-c1cc(C)c(=O)n(C)c1. The minimum absolute atomic E-state index is 0.00135. The molecule has 5 nitrogen and oxygen atoms in total. The molecule has 1 unspecified atom stereocenters. The summed E-state index contributed by atoms with van der Waals surface area (Å²) in [6.07, 6.45) is 3.70. The third kappa shape index (κ3) is 3.87. The summed E-state index contributed by atoms with van der Waals surface area (Å²) in [4.78, 5) is 12.1. The standard InChI is InChI=1S/C18H23NO4S/c1-6-13(3)23-17-8-7-15(24(5,21)22)10-16(17)14-9-12(2)18(20)19(4)11-14/h7-11,13H,6H2,1-5H3. The smallest absolute Gasteiger partial charge is 0.253 e. The highest BCUT2D eigenvalue weighted by molar-refractivity contribution is 7.90. The van der Waals surface area contributed by atoms with Crippen LogP contribution in [0, 0.1) is 6.92 Å². The van der Waals surface area contributed by atoms with E-state index in [1.807, 2.05) is 13.8 Å². The van der Waals surface area contributed by atoms with Gasteiger partial charge < -0.3 is 9.30 Å². The van der Waals surface area contributed by atoms with Gasteiger partial charge in [-0.2, -0.15) is 0 Å². The third-order valence-corrected chi connectivity index (χ3v) is 5.07. The zero-order valence-corrected chi connectivity index (χ0v) is 15.5. The van der Waals surface area contributed by atoms with Crippen LogP contribution >= 0.6 is 0 Å². The van der Waals surface area contributed by atoms with Gasteiger partial charge in [-0.05, 0) is 44.5 Å². The zero-order chi connectivity index (χ0) is 18.1. The maximum absolute atomic E-state index is 11.9. The third-order valence-electron chi connectivity index (χ3n) is 3.96. The Kier molecular flexibility index (Phi) is 5.18. The van der Waals surface area contributed by atoms with Crippen LogP contribution in [0.25, 0.3) is 11.1 Å². The lowest BCUT2D eigenvalue weighted by atomic mass is 10.0. The molecule has 2 aromatic rings. The second-order valence-corrected chi connectivity index (χ2v) is 8.11. The fourth-order valence-electron chi connectivity index (χ4n) is 2.39. The van der Waals surface area contributed by atoms with Crippen molar-refractivity contribution in [3.8, 4) is 16.9 Å². The molecule has 0 aliphatic rings. The van der Waals surface area contributed by atoms with E-state index >= 15 is 0 Å². The number of pyridine rings is 1. The first-order chi connectivity index (χ1) is 11.1. The van der Waals surface area contributed by atoms with E-state index in [4.69, 9.17) is 4.74 Å². The Morgan fingerprint density at radius 1 is 1.25 bits per heavy atom. The normalized spacial score (nSPS) is 12.9. The van der Waals surface area contributed by atoms with Crippen molar-refractivity contribution in [1.29, 1.82) is 0 Å². The highest BCUT2D eigenvalue weighted by atomic mass is 32.2. The summed E-state index contributed by atoms with van der Waals surface area (Å²) in [6, 6.07) is 6.59. The molecule has 1 aromatic carbocycles. The van der Waals surface area contributed by atoms with Gasteiger partial charge in [-0.3, -0.25) is 4.79 Å². The first kappa shape index (κ1) is 18.3. The van der Waals surface area contributed by atoms with Gasteiger partial charge in [0, 0.05) is 36.2 Å². The Balaban J connectivity index is 2.70. The van der Waals surface area contributed by atoms with Crippen LogP contribution in [0.3, 0.4) is 0 Å². The van der Waals surface area contributed by atoms with Gasteiger partial charge in [0.25, 0.3) is 5.56 Å². The average Bonchev–Trinajstić information content (AvgIpc) is 2.51. The van der Waals surface area contributed by atoms with Crippen LogP contribution in [-0.2, 0) is 16.9 Å². The molecule has 130 valence electrons. The molecule has 1 aromatic heterocycles. The summed E-state index contributed by atoms with van der Waals surface area (Å²) in [6.45, 7) is 5.72. The molecule has 0 bridgehead atoms. The first-order valence-corrected chi connectivity index (χ1v) is 9.71. The highest BCUT2D eigenvalue weighted by Gasteiger charge is 2.16. The van der Waals surface area contributed by atoms with E-state index < -0.39 is 9.84 Å². The largest absolute Gasteiger partial charge is 0.490 e. The molecule has 0 saturated heterocycles. The van der Waals surface area contributed by atoms with Crippen molar-refractivity contribution in [3.05, 3.63) is 46.4 Å². The van der Waals surface area contributed by atoms with Crippen LogP contribution in [-0.4, -0.2) is 25.3 Å². The number of aryl methyl sites for hydroxylation is 2. The van der Waals surface area contributed by atoms with Crippen molar-refractivity contribution in [1.82, 2.24) is 4.57 Å². The van der Waals surface area contributed by atoms with E-state index in [9.17, 15) is 13.2 Å². The van der Waals surface area contributed by atoms with Gasteiger partial charge in [0.15, 0.2) is 9.84 Å². The number of sulfone groups is 1. The van der Waals surface area contributed by atoms with Crippen LogP contribution in [0.4, 0.5) is 0 Å². The summed E-state index contributed by atoms with van der Waals surface area (Å²) in [5.74, 6) is 0.606. The first-order valence-electron chi connectivity index (χ1n) is 7.82. The lowest BCUT2D eigenvalue weighted by Gasteiger charge is -2.18. The molecule has 0 saturated carbocycles. The molecule has 2 rings (SSSR count). The number of rotatable bonds is 5. The van der Waals surface area contributed by atoms with Gasteiger partial charge in [-0.25, -0.2) is 8.42 Å². The summed E-state index contributed by atoms with van der Waals surface area (Å²) in [5.41, 5.74) is 1.92. The Morgan fingerprint density at radius 3 is 2.46 bits per heavy atom. The quantitative estimate of drug-likeness (QED) is 0.832. The van der Waals surface area contributed by atoms with Gasteiger partial charge >= 0.3 is 0 Å². The maximum atomic E-state index is 11.9. The molecule has 0 aliphatic carbocycles. The van der Waals surface area contributed by atoms with E-state index in [1.54, 1.807) is 44.4 Å². The molecule has 0 aliphatic heterocycles. The molecule has 1 atom stereocenters. The molecule has 0 N–H and O–H groups in total. The van der Waals surface area contributed by atoms with Gasteiger partial charge in [0.1, 0.15) is 5.75 Å². The Morgan fingerprint density at radius 2 is 1.92 bits per heavy atom. The summed E-state index contributed by atoms with van der Waals surface area (Å²) in [5, 5.41) is 0. The van der Waals surface area contributed by atoms with Crippen molar-refractivity contribution in [3.63, 3.8) is 0 Å². The maximum Gasteiger partial charge on any atom is 0.253 e. The van der Waals surface area contributed by atoms with E-state index in [0.717, 1.165) is 12.0 Å². The second kappa shape index (κ2) is 6.81. The molecule has 6 heteroatoms. The number of nitrogens with zero attached hydrogens (tertiary/aromatic N) is 1. The number of aromatic nitrogens is 1. The molecular formula is C18H23NO4S. The fourth-order valence-corrected chi connectivity index (χ4v) is 3.04. The van der Waals surface area contributed by atoms with E-state index in [0.29, 0.717) is 16.9 Å². The van der Waals surface area contributed by atoms with Crippen molar-refractivity contribution in [2.24, 2.45) is 7.05 Å². The molecule has 0 radical (unpaired) electrons. The lowest BCUT2D eigenvalue weighted by molar-refractivity contribution is 0.218. The predicted octanol–water partition coefficient (Wildman–Crippen LogP) is 2.94. The van der Waals surface area contributed by atoms with Crippen LogP contribution < -0.4 is 10.3 Å². The Bertz CT molecular complexity index is 887. The number of benzene rings is 1. The van der Waals surface area contributed by atoms with Gasteiger partial charge in [-0.1, -0.05) is 6.92 Å². The van der Waals surface area contributed by atoms with Crippen molar-refractivity contribution in [2.75, 3.05) is 6.26 Å². The van der Waals surface area contributed by atoms with Gasteiger partial charge in [0.05, 0.1) is 11.0 Å². The van der Waals surface area contributed by atoms with E-state index in [2.05, 4.69) is 0 Å². The van der Waals surface area contributed by atoms with E-state index in [1.165, 1.54) is 10.8 Å².